The Bertz CT molecular complexity index is 257. The normalized spacial score (nSPS) is 17.4. The van der Waals surface area contributed by atoms with Crippen molar-refractivity contribution in [2.45, 2.75) is 0 Å². The molecule has 1 heterocycles. The number of dihydropyridines is 1. The molecule has 0 aromatic heterocycles. The summed E-state index contributed by atoms with van der Waals surface area (Å²) in [5.41, 5.74) is 5.95. The van der Waals surface area contributed by atoms with Gasteiger partial charge in [0.25, 0.3) is 0 Å². The summed E-state index contributed by atoms with van der Waals surface area (Å²) < 4.78 is 0.584. The van der Waals surface area contributed by atoms with Gasteiger partial charge < -0.3 is 16.2 Å². The zero-order chi connectivity index (χ0) is 8.43. The lowest BCUT2D eigenvalue weighted by Gasteiger charge is -2.13. The number of carboxylic acid groups (broad SMARTS) is 1. The summed E-state index contributed by atoms with van der Waals surface area (Å²) in [6.07, 6.45) is 1.63. The molecule has 0 aromatic rings. The third-order valence-electron chi connectivity index (χ3n) is 1.35. The van der Waals surface area contributed by atoms with Crippen LogP contribution < -0.4 is 11.1 Å². The van der Waals surface area contributed by atoms with Gasteiger partial charge >= 0.3 is 5.97 Å². The molecule has 0 saturated heterocycles. The summed E-state index contributed by atoms with van der Waals surface area (Å²) in [5, 5.41) is 11.4. The van der Waals surface area contributed by atoms with Crippen molar-refractivity contribution in [3.8, 4) is 0 Å². The Morgan fingerprint density at radius 1 is 1.82 bits per heavy atom. The molecule has 1 rings (SSSR count). The SMILES string of the molecule is NC1=C(C(=O)O)CNC=C1Br. The maximum absolute atomic E-state index is 10.5. The number of aliphatic carboxylic acids is 1. The Labute approximate surface area is 71.9 Å². The van der Waals surface area contributed by atoms with E-state index in [4.69, 9.17) is 10.8 Å². The topological polar surface area (TPSA) is 75.4 Å². The molecule has 0 amide bonds. The zero-order valence-corrected chi connectivity index (χ0v) is 7.18. The van der Waals surface area contributed by atoms with E-state index >= 15 is 0 Å². The first-order valence-electron chi connectivity index (χ1n) is 2.94. The first-order chi connectivity index (χ1) is 5.13. The van der Waals surface area contributed by atoms with Gasteiger partial charge in [0.15, 0.2) is 0 Å². The smallest absolute Gasteiger partial charge is 0.335 e. The summed E-state index contributed by atoms with van der Waals surface area (Å²) in [5.74, 6) is -0.986. The monoisotopic (exact) mass is 218 g/mol. The number of hydrogen-bond donors (Lipinski definition) is 3. The standard InChI is InChI=1S/C6H7BrN2O2/c7-4-2-9-1-3(5(4)8)6(10)11/h2,9H,1,8H2,(H,10,11). The summed E-state index contributed by atoms with van der Waals surface area (Å²) >= 11 is 3.11. The van der Waals surface area contributed by atoms with Crippen LogP contribution in [0.25, 0.3) is 0 Å². The Kier molecular flexibility index (Phi) is 2.19. The summed E-state index contributed by atoms with van der Waals surface area (Å²) in [7, 11) is 0. The molecule has 0 saturated carbocycles. The highest BCUT2D eigenvalue weighted by Crippen LogP contribution is 2.18. The molecule has 0 bridgehead atoms. The molecule has 0 fully saturated rings. The summed E-state index contributed by atoms with van der Waals surface area (Å²) in [4.78, 5) is 10.5. The van der Waals surface area contributed by atoms with Crippen LogP contribution in [0.2, 0.25) is 0 Å². The second-order valence-electron chi connectivity index (χ2n) is 2.07. The van der Waals surface area contributed by atoms with Gasteiger partial charge in [-0.2, -0.15) is 0 Å². The van der Waals surface area contributed by atoms with Crippen LogP contribution in [0.15, 0.2) is 22.0 Å². The highest BCUT2D eigenvalue weighted by Gasteiger charge is 2.16. The van der Waals surface area contributed by atoms with Crippen molar-refractivity contribution in [3.05, 3.63) is 22.0 Å². The Morgan fingerprint density at radius 3 is 2.91 bits per heavy atom. The van der Waals surface area contributed by atoms with E-state index in [0.29, 0.717) is 4.48 Å². The Hall–Kier alpha value is -0.970. The third-order valence-corrected chi connectivity index (χ3v) is 2.00. The third kappa shape index (κ3) is 1.54. The molecular weight excluding hydrogens is 212 g/mol. The molecule has 0 spiro atoms. The molecule has 1 aliphatic heterocycles. The first kappa shape index (κ1) is 8.13. The predicted octanol–water partition coefficient (Wildman–Crippen LogP) is 0.123. The van der Waals surface area contributed by atoms with Crippen molar-refractivity contribution in [3.63, 3.8) is 0 Å². The van der Waals surface area contributed by atoms with Gasteiger partial charge in [-0.3, -0.25) is 0 Å². The van der Waals surface area contributed by atoms with Crippen LogP contribution in [0.5, 0.6) is 0 Å². The van der Waals surface area contributed by atoms with Gasteiger partial charge in [0.2, 0.25) is 0 Å². The van der Waals surface area contributed by atoms with E-state index in [1.807, 2.05) is 0 Å². The highest BCUT2D eigenvalue weighted by atomic mass is 79.9. The number of rotatable bonds is 1. The minimum Gasteiger partial charge on any atom is -0.478 e. The highest BCUT2D eigenvalue weighted by molar-refractivity contribution is 9.12. The molecule has 4 nitrogen and oxygen atoms in total. The maximum Gasteiger partial charge on any atom is 0.335 e. The average Bonchev–Trinajstić information content (AvgIpc) is 1.94. The van der Waals surface area contributed by atoms with Gasteiger partial charge in [-0.25, -0.2) is 4.79 Å². The predicted molar refractivity (Wildman–Crippen MR) is 43.9 cm³/mol. The largest absolute Gasteiger partial charge is 0.478 e. The summed E-state index contributed by atoms with van der Waals surface area (Å²) in [6, 6.07) is 0. The van der Waals surface area contributed by atoms with E-state index in [-0.39, 0.29) is 17.8 Å². The molecule has 0 atom stereocenters. The van der Waals surface area contributed by atoms with E-state index in [2.05, 4.69) is 21.2 Å². The number of nitrogens with two attached hydrogens (primary N) is 1. The number of allylic oxidation sites excluding steroid dienone is 1. The first-order valence-corrected chi connectivity index (χ1v) is 3.73. The number of halogens is 1. The van der Waals surface area contributed by atoms with Crippen LogP contribution in [-0.4, -0.2) is 17.6 Å². The van der Waals surface area contributed by atoms with Crippen LogP contribution in [0.1, 0.15) is 0 Å². The minimum absolute atomic E-state index is 0.194. The van der Waals surface area contributed by atoms with E-state index < -0.39 is 5.97 Å². The number of carboxylic acids is 1. The van der Waals surface area contributed by atoms with E-state index in [1.54, 1.807) is 6.20 Å². The number of nitrogens with one attached hydrogen (secondary N) is 1. The molecule has 11 heavy (non-hydrogen) atoms. The van der Waals surface area contributed by atoms with Crippen molar-refractivity contribution in [2.24, 2.45) is 5.73 Å². The van der Waals surface area contributed by atoms with E-state index in [0.717, 1.165) is 0 Å². The molecule has 4 N–H and O–H groups in total. The molecular formula is C6H7BrN2O2. The van der Waals surface area contributed by atoms with Crippen molar-refractivity contribution in [1.82, 2.24) is 5.32 Å². The Morgan fingerprint density at radius 2 is 2.45 bits per heavy atom. The molecule has 60 valence electrons. The van der Waals surface area contributed by atoms with Crippen LogP contribution in [0, 0.1) is 0 Å². The number of carbonyl (C=O) groups is 1. The van der Waals surface area contributed by atoms with Crippen LogP contribution in [-0.2, 0) is 4.79 Å². The van der Waals surface area contributed by atoms with E-state index in [1.165, 1.54) is 0 Å². The van der Waals surface area contributed by atoms with Crippen LogP contribution >= 0.6 is 15.9 Å². The van der Waals surface area contributed by atoms with Crippen molar-refractivity contribution < 1.29 is 9.90 Å². The van der Waals surface area contributed by atoms with Crippen molar-refractivity contribution in [1.29, 1.82) is 0 Å². The van der Waals surface area contributed by atoms with Crippen molar-refractivity contribution in [2.75, 3.05) is 6.54 Å². The quantitative estimate of drug-likeness (QED) is 0.585. The Balaban J connectivity index is 3.01. The molecule has 0 aromatic carbocycles. The molecule has 0 radical (unpaired) electrons. The lowest BCUT2D eigenvalue weighted by molar-refractivity contribution is -0.132. The lowest BCUT2D eigenvalue weighted by atomic mass is 10.1. The van der Waals surface area contributed by atoms with Gasteiger partial charge in [0.1, 0.15) is 0 Å². The zero-order valence-electron chi connectivity index (χ0n) is 5.60. The summed E-state index contributed by atoms with van der Waals surface area (Å²) in [6.45, 7) is 0.274. The van der Waals surface area contributed by atoms with Gasteiger partial charge in [-0.1, -0.05) is 0 Å². The van der Waals surface area contributed by atoms with Crippen LogP contribution in [0.4, 0.5) is 0 Å². The minimum atomic E-state index is -0.986. The second-order valence-corrected chi connectivity index (χ2v) is 2.92. The fourth-order valence-corrected chi connectivity index (χ4v) is 1.15. The molecule has 0 unspecified atom stereocenters. The average molecular weight is 219 g/mol. The molecule has 5 heteroatoms. The van der Waals surface area contributed by atoms with Crippen molar-refractivity contribution >= 4 is 21.9 Å². The second kappa shape index (κ2) is 2.96. The van der Waals surface area contributed by atoms with Gasteiger partial charge in [0.05, 0.1) is 15.8 Å². The van der Waals surface area contributed by atoms with E-state index in [9.17, 15) is 4.79 Å². The van der Waals surface area contributed by atoms with Gasteiger partial charge in [-0.15, -0.1) is 0 Å². The molecule has 0 aliphatic carbocycles. The fraction of sp³-hybridized carbons (Fsp3) is 0.167. The van der Waals surface area contributed by atoms with Gasteiger partial charge in [0, 0.05) is 12.7 Å². The van der Waals surface area contributed by atoms with Crippen LogP contribution in [0.3, 0.4) is 0 Å². The maximum atomic E-state index is 10.5. The fourth-order valence-electron chi connectivity index (χ4n) is 0.751. The number of hydrogen-bond acceptors (Lipinski definition) is 3. The lowest BCUT2D eigenvalue weighted by Crippen LogP contribution is -2.25. The van der Waals surface area contributed by atoms with Gasteiger partial charge in [-0.05, 0) is 15.9 Å². The molecule has 1 aliphatic rings.